The number of aryl methyl sites for hydroxylation is 2. The van der Waals surface area contributed by atoms with Gasteiger partial charge in [-0.2, -0.15) is 0 Å². The lowest BCUT2D eigenvalue weighted by Gasteiger charge is -2.20. The Balaban J connectivity index is 1.44. The molecule has 4 aromatic carbocycles. The van der Waals surface area contributed by atoms with Crippen molar-refractivity contribution < 1.29 is 0 Å². The molecule has 2 aliphatic rings. The van der Waals surface area contributed by atoms with Crippen LogP contribution in [0.4, 0.5) is 0 Å². The van der Waals surface area contributed by atoms with Crippen LogP contribution in [0.2, 0.25) is 40.2 Å². The lowest BCUT2D eigenvalue weighted by molar-refractivity contribution is 0.649. The average molecular weight is 778 g/mol. The van der Waals surface area contributed by atoms with Crippen LogP contribution in [0.15, 0.2) is 46.2 Å². The Kier molecular flexibility index (Phi) is 11.5. The molecule has 0 saturated heterocycles. The number of hydrogen-bond acceptors (Lipinski definition) is 1. The minimum Gasteiger partial charge on any atom is -0.0869 e. The Bertz CT molecular complexity index is 1650. The molecule has 4 aromatic rings. The highest BCUT2D eigenvalue weighted by atomic mass is 35.5. The largest absolute Gasteiger partial charge is 0.0869 e. The van der Waals surface area contributed by atoms with Crippen LogP contribution < -0.4 is 0 Å². The second-order valence-electron chi connectivity index (χ2n) is 11.8. The number of hydrogen-bond donors (Lipinski definition) is 0. The Morgan fingerprint density at radius 3 is 1.18 bits per heavy atom. The van der Waals surface area contributed by atoms with Crippen molar-refractivity contribution in [2.75, 3.05) is 0 Å². The summed E-state index contributed by atoms with van der Waals surface area (Å²) in [6.45, 7) is 0. The standard InChI is InChI=1S/C36H30Cl8S/c37-25-13-15-27(35(43)29(25)23-17-19-9-5-1-3-7-11-21(31(19)39)33(23)41)45-28-16-14-26(38)30(36(28)44)24-18-20-10-6-2-4-8-12-22(32(20)40)34(24)42/h13-18H,1-12H2. The van der Waals surface area contributed by atoms with E-state index in [0.717, 1.165) is 117 Å². The molecule has 0 aromatic heterocycles. The van der Waals surface area contributed by atoms with Crippen molar-refractivity contribution in [2.24, 2.45) is 0 Å². The fourth-order valence-electron chi connectivity index (χ4n) is 6.45. The van der Waals surface area contributed by atoms with Crippen molar-refractivity contribution in [3.8, 4) is 22.3 Å². The first-order valence-corrected chi connectivity index (χ1v) is 19.2. The van der Waals surface area contributed by atoms with E-state index < -0.39 is 0 Å². The topological polar surface area (TPSA) is 0 Å². The molecule has 0 unspecified atom stereocenters. The third-order valence-corrected chi connectivity index (χ3v) is 13.4. The van der Waals surface area contributed by atoms with Crippen LogP contribution in [0.3, 0.4) is 0 Å². The summed E-state index contributed by atoms with van der Waals surface area (Å²) in [7, 11) is 0. The molecular formula is C36H30Cl8S. The van der Waals surface area contributed by atoms with Crippen molar-refractivity contribution >= 4 is 105 Å². The summed E-state index contributed by atoms with van der Waals surface area (Å²) in [4.78, 5) is 1.58. The summed E-state index contributed by atoms with van der Waals surface area (Å²) in [5, 5.41) is 4.79. The summed E-state index contributed by atoms with van der Waals surface area (Å²) in [6, 6.07) is 11.6. The van der Waals surface area contributed by atoms with E-state index in [9.17, 15) is 0 Å². The van der Waals surface area contributed by atoms with E-state index in [2.05, 4.69) is 12.1 Å². The van der Waals surface area contributed by atoms with Gasteiger partial charge in [-0.05, 0) is 110 Å². The van der Waals surface area contributed by atoms with Crippen LogP contribution >= 0.6 is 105 Å². The van der Waals surface area contributed by atoms with Crippen molar-refractivity contribution in [3.63, 3.8) is 0 Å². The van der Waals surface area contributed by atoms with Crippen LogP contribution in [0.25, 0.3) is 22.3 Å². The van der Waals surface area contributed by atoms with Gasteiger partial charge in [-0.3, -0.25) is 0 Å². The molecule has 0 amide bonds. The predicted octanol–water partition coefficient (Wildman–Crippen LogP) is 15.7. The molecule has 0 atom stereocenters. The lowest BCUT2D eigenvalue weighted by Crippen LogP contribution is -1.98. The van der Waals surface area contributed by atoms with E-state index in [1.54, 1.807) is 0 Å². The van der Waals surface area contributed by atoms with Crippen molar-refractivity contribution in [3.05, 3.63) is 98.8 Å². The van der Waals surface area contributed by atoms with Gasteiger partial charge in [0.05, 0.1) is 30.1 Å². The highest BCUT2D eigenvalue weighted by Gasteiger charge is 2.25. The number of rotatable bonds is 4. The zero-order valence-corrected chi connectivity index (χ0v) is 31.2. The fraction of sp³-hybridized carbons (Fsp3) is 0.333. The number of benzene rings is 4. The minimum atomic E-state index is 0.503. The molecule has 0 N–H and O–H groups in total. The maximum atomic E-state index is 7.18. The molecule has 0 nitrogen and oxygen atoms in total. The second kappa shape index (κ2) is 15.0. The van der Waals surface area contributed by atoms with E-state index in [1.165, 1.54) is 24.6 Å². The molecule has 6 rings (SSSR count). The van der Waals surface area contributed by atoms with E-state index in [1.807, 2.05) is 24.3 Å². The second-order valence-corrected chi connectivity index (χ2v) is 15.9. The predicted molar refractivity (Wildman–Crippen MR) is 200 cm³/mol. The molecule has 2 aliphatic carbocycles. The van der Waals surface area contributed by atoms with E-state index >= 15 is 0 Å². The van der Waals surface area contributed by atoms with Gasteiger partial charge in [0.1, 0.15) is 0 Å². The monoisotopic (exact) mass is 774 g/mol. The van der Waals surface area contributed by atoms with Gasteiger partial charge >= 0.3 is 0 Å². The summed E-state index contributed by atoms with van der Waals surface area (Å²) in [5.41, 5.74) is 7.09. The normalized spacial score (nSPS) is 15.5. The molecule has 0 aliphatic heterocycles. The molecule has 0 fully saturated rings. The smallest absolute Gasteiger partial charge is 0.0639 e. The molecular weight excluding hydrogens is 748 g/mol. The van der Waals surface area contributed by atoms with Crippen LogP contribution in [-0.4, -0.2) is 0 Å². The van der Waals surface area contributed by atoms with Gasteiger partial charge in [0, 0.05) is 42.1 Å². The van der Waals surface area contributed by atoms with Crippen LogP contribution in [0.5, 0.6) is 0 Å². The van der Waals surface area contributed by atoms with Crippen LogP contribution in [0.1, 0.15) is 73.6 Å². The highest BCUT2D eigenvalue weighted by molar-refractivity contribution is 7.99. The number of fused-ring (bicyclic) bond motifs is 4. The first kappa shape index (κ1) is 34.4. The third kappa shape index (κ3) is 7.01. The summed E-state index contributed by atoms with van der Waals surface area (Å²) in [6.07, 6.45) is 12.3. The Hall–Kier alpha value is -0.450. The van der Waals surface area contributed by atoms with Gasteiger partial charge in [0.15, 0.2) is 0 Å². The van der Waals surface area contributed by atoms with E-state index in [0.29, 0.717) is 41.3 Å². The molecule has 236 valence electrons. The lowest BCUT2D eigenvalue weighted by atomic mass is 9.96. The SMILES string of the molecule is Clc1ccc(Sc2ccc(Cl)c(-c3cc4c(Cl)c(c3Cl)CCCCCC4)c2Cl)c(Cl)c1-c1cc2c(Cl)c(c1Cl)CCCCCC2. The fourth-order valence-corrected chi connectivity index (χ4v) is 10.2. The summed E-state index contributed by atoms with van der Waals surface area (Å²) in [5.74, 6) is 0. The molecule has 0 heterocycles. The first-order valence-electron chi connectivity index (χ1n) is 15.3. The average Bonchev–Trinajstić information content (AvgIpc) is 3.11. The molecule has 0 radical (unpaired) electrons. The number of halogens is 8. The van der Waals surface area contributed by atoms with Gasteiger partial charge in [0.2, 0.25) is 0 Å². The molecule has 4 bridgehead atoms. The molecule has 0 saturated carbocycles. The van der Waals surface area contributed by atoms with Gasteiger partial charge < -0.3 is 0 Å². The van der Waals surface area contributed by atoms with Crippen LogP contribution in [0, 0.1) is 0 Å². The third-order valence-electron chi connectivity index (χ3n) is 8.85. The maximum Gasteiger partial charge on any atom is 0.0639 e. The Morgan fingerprint density at radius 1 is 0.400 bits per heavy atom. The zero-order valence-electron chi connectivity index (χ0n) is 24.4. The van der Waals surface area contributed by atoms with Gasteiger partial charge in [-0.15, -0.1) is 0 Å². The van der Waals surface area contributed by atoms with Gasteiger partial charge in [0.25, 0.3) is 0 Å². The Labute approximate surface area is 310 Å². The molecule has 45 heavy (non-hydrogen) atoms. The van der Waals surface area contributed by atoms with Gasteiger partial charge in [-0.1, -0.05) is 130 Å². The molecule has 0 spiro atoms. The highest BCUT2D eigenvalue weighted by Crippen LogP contribution is 2.51. The van der Waals surface area contributed by atoms with E-state index in [4.69, 9.17) is 92.8 Å². The maximum absolute atomic E-state index is 7.18. The van der Waals surface area contributed by atoms with E-state index in [-0.39, 0.29) is 0 Å². The molecule has 9 heteroatoms. The van der Waals surface area contributed by atoms with Crippen LogP contribution in [-0.2, 0) is 25.7 Å². The minimum absolute atomic E-state index is 0.503. The van der Waals surface area contributed by atoms with Crippen molar-refractivity contribution in [2.45, 2.75) is 86.8 Å². The summed E-state index contributed by atoms with van der Waals surface area (Å²) >= 11 is 57.3. The first-order chi connectivity index (χ1) is 21.7. The summed E-state index contributed by atoms with van der Waals surface area (Å²) < 4.78 is 0. The van der Waals surface area contributed by atoms with Crippen molar-refractivity contribution in [1.82, 2.24) is 0 Å². The Morgan fingerprint density at radius 2 is 0.778 bits per heavy atom. The van der Waals surface area contributed by atoms with Crippen molar-refractivity contribution in [1.29, 1.82) is 0 Å². The quantitative estimate of drug-likeness (QED) is 0.199. The zero-order chi connectivity index (χ0) is 31.8. The van der Waals surface area contributed by atoms with Gasteiger partial charge in [-0.25, -0.2) is 0 Å².